The highest BCUT2D eigenvalue weighted by Gasteiger charge is 2.29. The lowest BCUT2D eigenvalue weighted by Crippen LogP contribution is -2.04. The first kappa shape index (κ1) is 16.6. The summed E-state index contributed by atoms with van der Waals surface area (Å²) in [5, 5.41) is 0.714. The fourth-order valence-corrected chi connectivity index (χ4v) is 2.36. The quantitative estimate of drug-likeness (QED) is 0.393. The summed E-state index contributed by atoms with van der Waals surface area (Å²) in [7, 11) is 0. The molecule has 0 aliphatic carbocycles. The van der Waals surface area contributed by atoms with Crippen molar-refractivity contribution < 1.29 is 18.0 Å². The molecule has 0 saturated carbocycles. The summed E-state index contributed by atoms with van der Waals surface area (Å²) in [5.41, 5.74) is 0.422. The van der Waals surface area contributed by atoms with Gasteiger partial charge in [0.25, 0.3) is 0 Å². The minimum absolute atomic E-state index is 0.251. The Morgan fingerprint density at radius 2 is 1.64 bits per heavy atom. The van der Waals surface area contributed by atoms with Gasteiger partial charge in [0, 0.05) is 21.2 Å². The standard InChI is InChI=1S/C16H9Cl2F3O/c17-13-5-6-14(15(18)8-13)11(9-22)7-10-1-3-12(4-2-10)16(19,20)21/h1-9H. The Labute approximate surface area is 135 Å². The van der Waals surface area contributed by atoms with E-state index in [1.807, 2.05) is 0 Å². The van der Waals surface area contributed by atoms with Crippen molar-refractivity contribution in [2.24, 2.45) is 0 Å². The second kappa shape index (κ2) is 6.55. The number of halogens is 5. The predicted molar refractivity (Wildman–Crippen MR) is 81.8 cm³/mol. The van der Waals surface area contributed by atoms with E-state index < -0.39 is 11.7 Å². The first-order valence-electron chi connectivity index (χ1n) is 6.11. The molecule has 0 aromatic heterocycles. The maximum absolute atomic E-state index is 12.5. The van der Waals surface area contributed by atoms with Gasteiger partial charge in [-0.1, -0.05) is 41.4 Å². The van der Waals surface area contributed by atoms with Gasteiger partial charge in [-0.25, -0.2) is 0 Å². The summed E-state index contributed by atoms with van der Waals surface area (Å²) in [6.07, 6.45) is -2.34. The van der Waals surface area contributed by atoms with Crippen molar-refractivity contribution in [1.82, 2.24) is 0 Å². The molecule has 0 amide bonds. The Morgan fingerprint density at radius 3 is 2.14 bits per heavy atom. The Bertz CT molecular complexity index is 719. The zero-order valence-corrected chi connectivity index (χ0v) is 12.5. The first-order valence-corrected chi connectivity index (χ1v) is 6.86. The van der Waals surface area contributed by atoms with E-state index in [4.69, 9.17) is 23.2 Å². The van der Waals surface area contributed by atoms with Crippen molar-refractivity contribution in [3.8, 4) is 0 Å². The van der Waals surface area contributed by atoms with Crippen molar-refractivity contribution in [2.75, 3.05) is 0 Å². The van der Waals surface area contributed by atoms with E-state index in [1.54, 1.807) is 12.1 Å². The number of allylic oxidation sites excluding steroid dienone is 1. The molecule has 6 heteroatoms. The van der Waals surface area contributed by atoms with Crippen molar-refractivity contribution in [3.05, 3.63) is 69.2 Å². The monoisotopic (exact) mass is 344 g/mol. The lowest BCUT2D eigenvalue weighted by atomic mass is 10.0. The van der Waals surface area contributed by atoms with Gasteiger partial charge in [0.2, 0.25) is 0 Å². The Balaban J connectivity index is 2.39. The summed E-state index contributed by atoms with van der Waals surface area (Å²) in [5.74, 6) is 0. The number of carbonyl (C=O) groups excluding carboxylic acids is 1. The highest BCUT2D eigenvalue weighted by atomic mass is 35.5. The fourth-order valence-electron chi connectivity index (χ4n) is 1.85. The zero-order valence-electron chi connectivity index (χ0n) is 11.0. The van der Waals surface area contributed by atoms with Crippen LogP contribution in [0.15, 0.2) is 42.5 Å². The van der Waals surface area contributed by atoms with Crippen molar-refractivity contribution in [2.45, 2.75) is 6.18 Å². The highest BCUT2D eigenvalue weighted by molar-refractivity contribution is 6.37. The molecule has 0 bridgehead atoms. The molecule has 2 rings (SSSR count). The highest BCUT2D eigenvalue weighted by Crippen LogP contribution is 2.30. The molecule has 0 saturated heterocycles. The van der Waals surface area contributed by atoms with Crippen LogP contribution >= 0.6 is 23.2 Å². The molecule has 0 atom stereocenters. The molecule has 2 aromatic carbocycles. The van der Waals surface area contributed by atoms with Crippen LogP contribution in [0.4, 0.5) is 13.2 Å². The number of alkyl halides is 3. The third-order valence-electron chi connectivity index (χ3n) is 2.93. The number of hydrogen-bond donors (Lipinski definition) is 0. The second-order valence-corrected chi connectivity index (χ2v) is 5.31. The van der Waals surface area contributed by atoms with Crippen LogP contribution in [-0.4, -0.2) is 6.29 Å². The van der Waals surface area contributed by atoms with E-state index >= 15 is 0 Å². The molecule has 114 valence electrons. The SMILES string of the molecule is O=CC(=Cc1ccc(C(F)(F)F)cc1)c1ccc(Cl)cc1Cl. The van der Waals surface area contributed by atoms with Gasteiger partial charge in [0.05, 0.1) is 5.56 Å². The van der Waals surface area contributed by atoms with Gasteiger partial charge in [-0.2, -0.15) is 13.2 Å². The van der Waals surface area contributed by atoms with Crippen LogP contribution in [0.1, 0.15) is 16.7 Å². The number of carbonyl (C=O) groups is 1. The van der Waals surface area contributed by atoms with Crippen molar-refractivity contribution >= 4 is 41.1 Å². The molecule has 0 spiro atoms. The van der Waals surface area contributed by atoms with Gasteiger partial charge in [-0.05, 0) is 35.9 Å². The molecule has 1 nitrogen and oxygen atoms in total. The molecule has 0 radical (unpaired) electrons. The number of hydrogen-bond acceptors (Lipinski definition) is 1. The van der Waals surface area contributed by atoms with E-state index in [9.17, 15) is 18.0 Å². The minimum atomic E-state index is -4.39. The van der Waals surface area contributed by atoms with Crippen LogP contribution < -0.4 is 0 Å². The van der Waals surface area contributed by atoms with Gasteiger partial charge < -0.3 is 0 Å². The Morgan fingerprint density at radius 1 is 1.00 bits per heavy atom. The Kier molecular flexibility index (Phi) is 4.94. The van der Waals surface area contributed by atoms with Gasteiger partial charge >= 0.3 is 6.18 Å². The van der Waals surface area contributed by atoms with E-state index in [1.165, 1.54) is 24.3 Å². The summed E-state index contributed by atoms with van der Waals surface area (Å²) in [6.45, 7) is 0. The minimum Gasteiger partial charge on any atom is -0.298 e. The van der Waals surface area contributed by atoms with Crippen LogP contribution in [0, 0.1) is 0 Å². The largest absolute Gasteiger partial charge is 0.416 e. The molecule has 0 aliphatic heterocycles. The van der Waals surface area contributed by atoms with Gasteiger partial charge in [-0.3, -0.25) is 4.79 Å². The molecule has 0 heterocycles. The third kappa shape index (κ3) is 3.90. The average Bonchev–Trinajstić information content (AvgIpc) is 2.45. The van der Waals surface area contributed by atoms with Crippen LogP contribution in [0.3, 0.4) is 0 Å². The summed E-state index contributed by atoms with van der Waals surface area (Å²) < 4.78 is 37.5. The van der Waals surface area contributed by atoms with E-state index in [-0.39, 0.29) is 10.6 Å². The lowest BCUT2D eigenvalue weighted by Gasteiger charge is -2.07. The van der Waals surface area contributed by atoms with Crippen LogP contribution in [0.5, 0.6) is 0 Å². The molecule has 0 fully saturated rings. The lowest BCUT2D eigenvalue weighted by molar-refractivity contribution is -0.137. The smallest absolute Gasteiger partial charge is 0.298 e. The number of benzene rings is 2. The number of aldehydes is 1. The molecular weight excluding hydrogens is 336 g/mol. The molecule has 0 unspecified atom stereocenters. The third-order valence-corrected chi connectivity index (χ3v) is 3.48. The molecular formula is C16H9Cl2F3O. The first-order chi connectivity index (χ1) is 10.3. The van der Waals surface area contributed by atoms with E-state index in [0.717, 1.165) is 12.1 Å². The van der Waals surface area contributed by atoms with Crippen LogP contribution in [0.2, 0.25) is 10.0 Å². The topological polar surface area (TPSA) is 17.1 Å². The van der Waals surface area contributed by atoms with Crippen molar-refractivity contribution in [1.29, 1.82) is 0 Å². The predicted octanol–water partition coefficient (Wildman–Crippen LogP) is 5.75. The molecule has 0 N–H and O–H groups in total. The second-order valence-electron chi connectivity index (χ2n) is 4.46. The number of rotatable bonds is 3. The summed E-state index contributed by atoms with van der Waals surface area (Å²) in [6, 6.07) is 9.13. The molecule has 22 heavy (non-hydrogen) atoms. The van der Waals surface area contributed by atoms with Gasteiger partial charge in [0.1, 0.15) is 0 Å². The van der Waals surface area contributed by atoms with Crippen LogP contribution in [0.25, 0.3) is 11.6 Å². The normalized spacial score (nSPS) is 12.3. The maximum Gasteiger partial charge on any atom is 0.416 e. The van der Waals surface area contributed by atoms with E-state index in [2.05, 4.69) is 0 Å². The Hall–Kier alpha value is -1.78. The molecule has 2 aromatic rings. The summed E-state index contributed by atoms with van der Waals surface area (Å²) in [4.78, 5) is 11.2. The summed E-state index contributed by atoms with van der Waals surface area (Å²) >= 11 is 11.8. The molecule has 0 aliphatic rings. The van der Waals surface area contributed by atoms with E-state index in [0.29, 0.717) is 22.4 Å². The van der Waals surface area contributed by atoms with Gasteiger partial charge in [0.15, 0.2) is 6.29 Å². The zero-order chi connectivity index (χ0) is 16.3. The van der Waals surface area contributed by atoms with Crippen molar-refractivity contribution in [3.63, 3.8) is 0 Å². The average molecular weight is 345 g/mol. The van der Waals surface area contributed by atoms with Crippen LogP contribution in [-0.2, 0) is 11.0 Å². The van der Waals surface area contributed by atoms with Gasteiger partial charge in [-0.15, -0.1) is 0 Å². The fraction of sp³-hybridized carbons (Fsp3) is 0.0625. The maximum atomic E-state index is 12.5.